The molecule has 0 amide bonds. The van der Waals surface area contributed by atoms with Gasteiger partial charge in [-0.15, -0.1) is 0 Å². The molecule has 0 saturated heterocycles. The molecule has 1 aromatic carbocycles. The van der Waals surface area contributed by atoms with Gasteiger partial charge in [0.2, 0.25) is 0 Å². The van der Waals surface area contributed by atoms with Crippen molar-refractivity contribution >= 4 is 11.7 Å². The van der Waals surface area contributed by atoms with Crippen molar-refractivity contribution in [2.75, 3.05) is 11.9 Å². The van der Waals surface area contributed by atoms with Crippen LogP contribution in [0.25, 0.3) is 0 Å². The molecule has 62 valence electrons. The Morgan fingerprint density at radius 3 is 3.17 bits per heavy atom. The number of fused-ring (bicyclic) bond motifs is 1. The Balaban J connectivity index is 2.44. The van der Waals surface area contributed by atoms with Crippen LogP contribution in [0.15, 0.2) is 18.2 Å². The highest BCUT2D eigenvalue weighted by Crippen LogP contribution is 2.27. The molecule has 1 aromatic rings. The zero-order chi connectivity index (χ0) is 8.55. The number of esters is 1. The Morgan fingerprint density at radius 1 is 1.50 bits per heavy atom. The van der Waals surface area contributed by atoms with Crippen LogP contribution in [0.3, 0.4) is 0 Å². The predicted molar refractivity (Wildman–Crippen MR) is 40.5 cm³/mol. The Morgan fingerprint density at radius 2 is 2.33 bits per heavy atom. The number of benzene rings is 1. The Kier molecular flexibility index (Phi) is 1.46. The lowest BCUT2D eigenvalue weighted by Crippen LogP contribution is -2.24. The van der Waals surface area contributed by atoms with Gasteiger partial charge in [0.25, 0.3) is 0 Å². The first-order valence-electron chi connectivity index (χ1n) is 3.50. The summed E-state index contributed by atoms with van der Waals surface area (Å²) in [5, 5.41) is 2.80. The van der Waals surface area contributed by atoms with Crippen molar-refractivity contribution in [1.82, 2.24) is 0 Å². The Hall–Kier alpha value is -1.58. The second kappa shape index (κ2) is 2.48. The van der Waals surface area contributed by atoms with Gasteiger partial charge < -0.3 is 10.1 Å². The molecule has 1 heterocycles. The maximum atomic E-state index is 12.6. The average molecular weight is 167 g/mol. The molecule has 0 saturated carbocycles. The van der Waals surface area contributed by atoms with Crippen molar-refractivity contribution < 1.29 is 13.9 Å². The van der Waals surface area contributed by atoms with Gasteiger partial charge in [-0.3, -0.25) is 0 Å². The third-order valence-corrected chi connectivity index (χ3v) is 1.59. The van der Waals surface area contributed by atoms with E-state index in [2.05, 4.69) is 5.32 Å². The van der Waals surface area contributed by atoms with Crippen molar-refractivity contribution in [3.8, 4) is 5.75 Å². The number of hydrogen-bond donors (Lipinski definition) is 1. The molecule has 0 fully saturated rings. The number of rotatable bonds is 0. The number of carbonyl (C=O) groups excluding carboxylic acids is 1. The van der Waals surface area contributed by atoms with E-state index < -0.39 is 11.8 Å². The molecule has 4 heteroatoms. The normalized spacial score (nSPS) is 14.6. The summed E-state index contributed by atoms with van der Waals surface area (Å²) >= 11 is 0. The van der Waals surface area contributed by atoms with Gasteiger partial charge in [-0.25, -0.2) is 9.18 Å². The fourth-order valence-electron chi connectivity index (χ4n) is 1.05. The minimum absolute atomic E-state index is 0.138. The first-order valence-corrected chi connectivity index (χ1v) is 3.50. The molecule has 1 aliphatic rings. The van der Waals surface area contributed by atoms with Crippen molar-refractivity contribution in [2.45, 2.75) is 0 Å². The van der Waals surface area contributed by atoms with Crippen LogP contribution in [0, 0.1) is 5.82 Å². The standard InChI is InChI=1S/C8H6FNO2/c9-5-1-2-6-7(3-5)12-8(11)4-10-6/h1-3,10H,4H2. The fourth-order valence-corrected chi connectivity index (χ4v) is 1.05. The zero-order valence-corrected chi connectivity index (χ0v) is 6.13. The van der Waals surface area contributed by atoms with E-state index in [0.717, 1.165) is 0 Å². The van der Waals surface area contributed by atoms with Crippen LogP contribution in [0.5, 0.6) is 5.75 Å². The SMILES string of the molecule is O=C1CNc2ccc(F)cc2O1. The summed E-state index contributed by atoms with van der Waals surface area (Å²) in [5.41, 5.74) is 0.649. The lowest BCUT2D eigenvalue weighted by Gasteiger charge is -2.16. The summed E-state index contributed by atoms with van der Waals surface area (Å²) < 4.78 is 17.4. The van der Waals surface area contributed by atoms with E-state index in [1.165, 1.54) is 18.2 Å². The summed E-state index contributed by atoms with van der Waals surface area (Å²) in [6.07, 6.45) is 0. The van der Waals surface area contributed by atoms with Gasteiger partial charge in [-0.2, -0.15) is 0 Å². The second-order valence-corrected chi connectivity index (χ2v) is 2.47. The largest absolute Gasteiger partial charge is 0.423 e. The number of carbonyl (C=O) groups is 1. The molecule has 0 bridgehead atoms. The van der Waals surface area contributed by atoms with E-state index in [4.69, 9.17) is 4.74 Å². The summed E-state index contributed by atoms with van der Waals surface area (Å²) in [5.74, 6) is -0.551. The number of halogens is 1. The number of ether oxygens (including phenoxy) is 1. The highest BCUT2D eigenvalue weighted by atomic mass is 19.1. The van der Waals surface area contributed by atoms with Crippen LogP contribution in [-0.4, -0.2) is 12.5 Å². The fraction of sp³-hybridized carbons (Fsp3) is 0.125. The molecule has 1 aliphatic heterocycles. The van der Waals surface area contributed by atoms with E-state index >= 15 is 0 Å². The van der Waals surface area contributed by atoms with Crippen LogP contribution >= 0.6 is 0 Å². The minimum atomic E-state index is -0.412. The highest BCUT2D eigenvalue weighted by molar-refractivity contribution is 5.83. The maximum absolute atomic E-state index is 12.6. The molecular formula is C8H6FNO2. The molecule has 0 atom stereocenters. The number of hydrogen-bond acceptors (Lipinski definition) is 3. The second-order valence-electron chi connectivity index (χ2n) is 2.47. The highest BCUT2D eigenvalue weighted by Gasteiger charge is 2.15. The summed E-state index contributed by atoms with van der Waals surface area (Å²) in [7, 11) is 0. The molecule has 2 rings (SSSR count). The van der Waals surface area contributed by atoms with E-state index in [1.807, 2.05) is 0 Å². The van der Waals surface area contributed by atoms with Crippen LogP contribution in [0.4, 0.5) is 10.1 Å². The van der Waals surface area contributed by atoms with E-state index in [-0.39, 0.29) is 12.3 Å². The topological polar surface area (TPSA) is 38.3 Å². The summed E-state index contributed by atoms with van der Waals surface area (Å²) in [6, 6.07) is 4.03. The summed E-state index contributed by atoms with van der Waals surface area (Å²) in [6.45, 7) is 0.138. The predicted octanol–water partition coefficient (Wildman–Crippen LogP) is 1.16. The van der Waals surface area contributed by atoms with E-state index in [1.54, 1.807) is 0 Å². The first kappa shape index (κ1) is 7.09. The van der Waals surface area contributed by atoms with Crippen molar-refractivity contribution in [3.05, 3.63) is 24.0 Å². The third kappa shape index (κ3) is 1.11. The van der Waals surface area contributed by atoms with Crippen LogP contribution in [-0.2, 0) is 4.79 Å². The molecule has 0 aliphatic carbocycles. The van der Waals surface area contributed by atoms with E-state index in [9.17, 15) is 9.18 Å². The summed E-state index contributed by atoms with van der Waals surface area (Å²) in [4.78, 5) is 10.7. The lowest BCUT2D eigenvalue weighted by atomic mass is 10.2. The third-order valence-electron chi connectivity index (χ3n) is 1.59. The van der Waals surface area contributed by atoms with Gasteiger partial charge in [-0.1, -0.05) is 0 Å². The van der Waals surface area contributed by atoms with Crippen LogP contribution < -0.4 is 10.1 Å². The van der Waals surface area contributed by atoms with Gasteiger partial charge in [0, 0.05) is 6.07 Å². The number of nitrogens with one attached hydrogen (secondary N) is 1. The Bertz CT molecular complexity index is 338. The lowest BCUT2D eigenvalue weighted by molar-refractivity contribution is -0.132. The molecular weight excluding hydrogens is 161 g/mol. The number of anilines is 1. The molecule has 0 spiro atoms. The van der Waals surface area contributed by atoms with Gasteiger partial charge >= 0.3 is 5.97 Å². The zero-order valence-electron chi connectivity index (χ0n) is 6.13. The molecule has 0 aromatic heterocycles. The van der Waals surface area contributed by atoms with Crippen molar-refractivity contribution in [2.24, 2.45) is 0 Å². The van der Waals surface area contributed by atoms with E-state index in [0.29, 0.717) is 5.69 Å². The molecule has 1 N–H and O–H groups in total. The average Bonchev–Trinajstić information content (AvgIpc) is 2.03. The van der Waals surface area contributed by atoms with Crippen molar-refractivity contribution in [3.63, 3.8) is 0 Å². The molecule has 3 nitrogen and oxygen atoms in total. The van der Waals surface area contributed by atoms with Gasteiger partial charge in [0.05, 0.1) is 5.69 Å². The smallest absolute Gasteiger partial charge is 0.330 e. The first-order chi connectivity index (χ1) is 5.75. The minimum Gasteiger partial charge on any atom is -0.423 e. The quantitative estimate of drug-likeness (QED) is 0.465. The van der Waals surface area contributed by atoms with Gasteiger partial charge in [0.1, 0.15) is 12.4 Å². The van der Waals surface area contributed by atoms with Crippen LogP contribution in [0.1, 0.15) is 0 Å². The van der Waals surface area contributed by atoms with Crippen molar-refractivity contribution in [1.29, 1.82) is 0 Å². The molecule has 0 unspecified atom stereocenters. The monoisotopic (exact) mass is 167 g/mol. The molecule has 0 radical (unpaired) electrons. The molecule has 12 heavy (non-hydrogen) atoms. The Labute approximate surface area is 68.1 Å². The van der Waals surface area contributed by atoms with Crippen LogP contribution in [0.2, 0.25) is 0 Å². The van der Waals surface area contributed by atoms with Gasteiger partial charge in [-0.05, 0) is 12.1 Å². The maximum Gasteiger partial charge on any atom is 0.330 e. The van der Waals surface area contributed by atoms with Gasteiger partial charge in [0.15, 0.2) is 5.75 Å².